The normalized spacial score (nSPS) is 16.7. The molecule has 2 bridgehead atoms. The van der Waals surface area contributed by atoms with Crippen LogP contribution in [0.5, 0.6) is 0 Å². The number of fused-ring (bicyclic) bond motifs is 2. The zero-order valence-electron chi connectivity index (χ0n) is 15.7. The zero-order valence-corrected chi connectivity index (χ0v) is 18.7. The van der Waals surface area contributed by atoms with Crippen molar-refractivity contribution in [2.75, 3.05) is 33.2 Å². The van der Waals surface area contributed by atoms with Crippen LogP contribution >= 0.6 is 0 Å². The standard InChI is InChI=1S/C15H24N3.Ag.2ClHO4/c1-18-9-3-7-16-12-14-5-2-6-15(11-14)13-17-8-4-10-18;;2*2-1(3,4)5/h2,5-6,16-17H,3-4,7-10,12-13H2,1H3;;2*(H,2,3,4,5)/q-1;;;/p-2. The van der Waals surface area contributed by atoms with Crippen LogP contribution in [0.25, 0.3) is 0 Å². The van der Waals surface area contributed by atoms with Gasteiger partial charge in [-0.15, -0.1) is 31.6 Å². The van der Waals surface area contributed by atoms with Gasteiger partial charge in [-0.25, -0.2) is 37.3 Å². The number of halogens is 2. The van der Waals surface area contributed by atoms with E-state index in [-0.39, 0.29) is 22.4 Å². The van der Waals surface area contributed by atoms with E-state index in [1.165, 1.54) is 37.1 Å². The predicted octanol–water partition coefficient (Wildman–Crippen LogP) is -8.12. The molecular formula is C15H24AgCl2N3O8-3. The van der Waals surface area contributed by atoms with E-state index < -0.39 is 20.5 Å². The Kier molecular flexibility index (Phi) is 18.1. The first kappa shape index (κ1) is 31.3. The van der Waals surface area contributed by atoms with E-state index in [4.69, 9.17) is 37.3 Å². The van der Waals surface area contributed by atoms with Gasteiger partial charge in [-0.05, 0) is 59.2 Å². The van der Waals surface area contributed by atoms with E-state index in [9.17, 15) is 0 Å². The topological polar surface area (TPSA) is 212 Å². The van der Waals surface area contributed by atoms with Gasteiger partial charge in [-0.3, -0.25) is 0 Å². The Balaban J connectivity index is 0. The van der Waals surface area contributed by atoms with Crippen LogP contribution in [0.1, 0.15) is 24.0 Å². The molecule has 1 aliphatic rings. The van der Waals surface area contributed by atoms with E-state index in [0.29, 0.717) is 0 Å². The minimum Gasteiger partial charge on any atom is -0.315 e. The van der Waals surface area contributed by atoms with Gasteiger partial charge in [0.2, 0.25) is 0 Å². The second-order valence-corrected chi connectivity index (χ2v) is 7.33. The van der Waals surface area contributed by atoms with Crippen LogP contribution in [0, 0.1) is 26.6 Å². The zero-order chi connectivity index (χ0) is 21.6. The first-order chi connectivity index (χ1) is 12.8. The maximum atomic E-state index is 8.49. The van der Waals surface area contributed by atoms with Crippen molar-refractivity contribution in [2.24, 2.45) is 0 Å². The maximum absolute atomic E-state index is 8.49. The second kappa shape index (κ2) is 16.8. The molecule has 2 rings (SSSR count). The molecular weight excluding hydrogens is 529 g/mol. The van der Waals surface area contributed by atoms with Gasteiger partial charge in [-0.2, -0.15) is 24.3 Å². The Morgan fingerprint density at radius 1 is 0.793 bits per heavy atom. The molecule has 0 aliphatic carbocycles. The molecule has 14 heteroatoms. The van der Waals surface area contributed by atoms with E-state index in [0.717, 1.165) is 26.2 Å². The fourth-order valence-electron chi connectivity index (χ4n) is 2.28. The van der Waals surface area contributed by atoms with Crippen LogP contribution in [-0.2, 0) is 35.5 Å². The molecule has 2 N–H and O–H groups in total. The van der Waals surface area contributed by atoms with Crippen LogP contribution in [0.3, 0.4) is 0 Å². The summed E-state index contributed by atoms with van der Waals surface area (Å²) in [6.45, 7) is 6.38. The number of nitrogens with zero attached hydrogens (tertiary/aromatic N) is 1. The van der Waals surface area contributed by atoms with Gasteiger partial charge in [0.05, 0.1) is 0 Å². The number of benzene rings is 1. The quantitative estimate of drug-likeness (QED) is 0.228. The molecule has 1 heterocycles. The second-order valence-electron chi connectivity index (χ2n) is 5.82. The van der Waals surface area contributed by atoms with Crippen molar-refractivity contribution in [1.29, 1.82) is 0 Å². The Bertz CT molecular complexity index is 482. The minimum absolute atomic E-state index is 0. The Labute approximate surface area is 189 Å². The van der Waals surface area contributed by atoms with Gasteiger partial charge in [-0.1, -0.05) is 0 Å². The van der Waals surface area contributed by atoms with Crippen molar-refractivity contribution in [3.05, 3.63) is 35.4 Å². The molecule has 1 radical (unpaired) electrons. The first-order valence-electron chi connectivity index (χ1n) is 8.18. The van der Waals surface area contributed by atoms with Gasteiger partial charge in [0.15, 0.2) is 0 Å². The molecule has 0 aromatic heterocycles. The molecule has 175 valence electrons. The van der Waals surface area contributed by atoms with Crippen molar-refractivity contribution in [3.63, 3.8) is 0 Å². The van der Waals surface area contributed by atoms with Crippen molar-refractivity contribution >= 4 is 0 Å². The number of nitrogens with one attached hydrogen (secondary N) is 2. The Hall–Kier alpha value is 0.100. The molecule has 0 amide bonds. The SMILES string of the molecule is CN1CCCNCc2[c-]c(ccc2)CNCCC1.[Ag].[O-][Cl+3]([O-])([O-])[O-].[O-][Cl+3]([O-])([O-])[O-]. The van der Waals surface area contributed by atoms with Gasteiger partial charge in [0.25, 0.3) is 0 Å². The van der Waals surface area contributed by atoms with E-state index in [1.807, 2.05) is 0 Å². The monoisotopic (exact) mass is 551 g/mol. The van der Waals surface area contributed by atoms with Crippen LogP contribution in [-0.4, -0.2) is 38.1 Å². The van der Waals surface area contributed by atoms with Crippen molar-refractivity contribution in [1.82, 2.24) is 15.5 Å². The summed E-state index contributed by atoms with van der Waals surface area (Å²) in [5.41, 5.74) is 2.53. The van der Waals surface area contributed by atoms with Gasteiger partial charge in [0, 0.05) is 22.4 Å². The fraction of sp³-hybridized carbons (Fsp3) is 0.600. The Morgan fingerprint density at radius 3 is 1.48 bits per heavy atom. The van der Waals surface area contributed by atoms with Crippen molar-refractivity contribution in [3.8, 4) is 0 Å². The molecule has 1 aromatic carbocycles. The van der Waals surface area contributed by atoms with Gasteiger partial charge < -0.3 is 15.5 Å². The number of hydrogen-bond acceptors (Lipinski definition) is 11. The average Bonchev–Trinajstić information content (AvgIpc) is 2.51. The molecule has 0 saturated carbocycles. The Morgan fingerprint density at radius 2 is 1.14 bits per heavy atom. The molecule has 0 unspecified atom stereocenters. The third kappa shape index (κ3) is 28.1. The molecule has 0 fully saturated rings. The van der Waals surface area contributed by atoms with Crippen molar-refractivity contribution in [2.45, 2.75) is 25.9 Å². The summed E-state index contributed by atoms with van der Waals surface area (Å²) in [5, 5.41) is 6.98. The summed E-state index contributed by atoms with van der Waals surface area (Å²) in [6, 6.07) is 9.90. The third-order valence-corrected chi connectivity index (χ3v) is 3.33. The van der Waals surface area contributed by atoms with Crippen LogP contribution < -0.4 is 47.9 Å². The van der Waals surface area contributed by atoms with E-state index in [1.54, 1.807) is 0 Å². The molecule has 1 aromatic rings. The summed E-state index contributed by atoms with van der Waals surface area (Å²) < 4.78 is 67.9. The van der Waals surface area contributed by atoms with Crippen LogP contribution in [0.15, 0.2) is 18.2 Å². The molecule has 0 spiro atoms. The van der Waals surface area contributed by atoms with Crippen LogP contribution in [0.2, 0.25) is 0 Å². The average molecular weight is 553 g/mol. The largest absolute Gasteiger partial charge is 0.315 e. The summed E-state index contributed by atoms with van der Waals surface area (Å²) in [4.78, 5) is 2.42. The summed E-state index contributed by atoms with van der Waals surface area (Å²) in [6.07, 6.45) is 2.42. The first-order valence-corrected chi connectivity index (χ1v) is 10.6. The number of rotatable bonds is 0. The molecule has 11 nitrogen and oxygen atoms in total. The maximum Gasteiger partial charge on any atom is 0 e. The third-order valence-electron chi connectivity index (χ3n) is 3.33. The summed E-state index contributed by atoms with van der Waals surface area (Å²) in [5.74, 6) is 0. The smallest absolute Gasteiger partial charge is 0 e. The summed E-state index contributed by atoms with van der Waals surface area (Å²) >= 11 is 0. The summed E-state index contributed by atoms with van der Waals surface area (Å²) in [7, 11) is -7.68. The van der Waals surface area contributed by atoms with Gasteiger partial charge in [0.1, 0.15) is 0 Å². The molecule has 1 aliphatic heterocycles. The molecule has 29 heavy (non-hydrogen) atoms. The van der Waals surface area contributed by atoms with Gasteiger partial charge >= 0.3 is 0 Å². The molecule has 0 atom stereocenters. The van der Waals surface area contributed by atoms with Crippen molar-refractivity contribution < 1.29 is 80.1 Å². The molecule has 0 saturated heterocycles. The predicted molar refractivity (Wildman–Crippen MR) is 75.4 cm³/mol. The number of hydrogen-bond donors (Lipinski definition) is 2. The fourth-order valence-corrected chi connectivity index (χ4v) is 2.28. The minimum atomic E-state index is -4.94. The van der Waals surface area contributed by atoms with Crippen LogP contribution in [0.4, 0.5) is 0 Å². The van der Waals surface area contributed by atoms with E-state index in [2.05, 4.69) is 46.8 Å². The van der Waals surface area contributed by atoms with E-state index >= 15 is 0 Å².